The molecule has 2 fully saturated rings. The zero-order chi connectivity index (χ0) is 18.6. The van der Waals surface area contributed by atoms with E-state index in [0.29, 0.717) is 12.6 Å². The minimum absolute atomic E-state index is 0.157. The van der Waals surface area contributed by atoms with E-state index in [4.69, 9.17) is 9.97 Å². The Morgan fingerprint density at radius 2 is 2.04 bits per heavy atom. The van der Waals surface area contributed by atoms with Crippen LogP contribution < -0.4 is 16.0 Å². The van der Waals surface area contributed by atoms with Crippen LogP contribution in [0.5, 0.6) is 0 Å². The van der Waals surface area contributed by atoms with E-state index in [-0.39, 0.29) is 11.9 Å². The van der Waals surface area contributed by atoms with Gasteiger partial charge in [-0.1, -0.05) is 19.3 Å². The standard InChI is InChI=1S/C20H32N6O/c1-21-19-15-12-26(13-18(27)23-14-6-3-2-4-7-14)11-9-16(15)24-20(25-19)17-8-5-10-22-17/h14,17,22H,2-13H2,1H3,(H,23,27)(H,21,24,25)/t17-/m1/s1. The first-order valence-electron chi connectivity index (χ1n) is 10.6. The van der Waals surface area contributed by atoms with Crippen molar-refractivity contribution < 1.29 is 4.79 Å². The minimum atomic E-state index is 0.157. The third-order valence-corrected chi connectivity index (χ3v) is 6.10. The third kappa shape index (κ3) is 4.41. The van der Waals surface area contributed by atoms with Gasteiger partial charge in [0, 0.05) is 38.2 Å². The number of anilines is 1. The van der Waals surface area contributed by atoms with Gasteiger partial charge in [0.1, 0.15) is 11.6 Å². The first-order valence-corrected chi connectivity index (χ1v) is 10.6. The molecular formula is C20H32N6O. The molecule has 0 unspecified atom stereocenters. The fraction of sp³-hybridized carbons (Fsp3) is 0.750. The molecule has 1 aromatic rings. The van der Waals surface area contributed by atoms with Crippen LogP contribution in [-0.4, -0.2) is 53.5 Å². The topological polar surface area (TPSA) is 82.2 Å². The molecule has 7 nitrogen and oxygen atoms in total. The van der Waals surface area contributed by atoms with E-state index in [1.807, 2.05) is 7.05 Å². The van der Waals surface area contributed by atoms with Gasteiger partial charge in [-0.3, -0.25) is 9.69 Å². The molecule has 1 aromatic heterocycles. The molecule has 148 valence electrons. The Bertz CT molecular complexity index is 649. The largest absolute Gasteiger partial charge is 0.373 e. The number of aromatic nitrogens is 2. The molecule has 27 heavy (non-hydrogen) atoms. The number of rotatable bonds is 5. The number of amides is 1. The van der Waals surface area contributed by atoms with E-state index < -0.39 is 0 Å². The molecule has 4 rings (SSSR count). The second-order valence-electron chi connectivity index (χ2n) is 8.12. The number of nitrogens with one attached hydrogen (secondary N) is 3. The Morgan fingerprint density at radius 3 is 2.78 bits per heavy atom. The second-order valence-corrected chi connectivity index (χ2v) is 8.12. The molecule has 0 radical (unpaired) electrons. The molecule has 3 aliphatic rings. The summed E-state index contributed by atoms with van der Waals surface area (Å²) < 4.78 is 0. The van der Waals surface area contributed by atoms with E-state index in [2.05, 4.69) is 20.9 Å². The molecule has 3 N–H and O–H groups in total. The fourth-order valence-electron chi connectivity index (χ4n) is 4.61. The summed E-state index contributed by atoms with van der Waals surface area (Å²) in [6.45, 7) is 3.12. The molecule has 3 heterocycles. The Labute approximate surface area is 161 Å². The lowest BCUT2D eigenvalue weighted by Crippen LogP contribution is -2.44. The quantitative estimate of drug-likeness (QED) is 0.731. The van der Waals surface area contributed by atoms with Crippen LogP contribution in [0.1, 0.15) is 68.1 Å². The molecule has 0 bridgehead atoms. The first kappa shape index (κ1) is 18.6. The predicted octanol–water partition coefficient (Wildman–Crippen LogP) is 1.75. The van der Waals surface area contributed by atoms with Gasteiger partial charge in [-0.2, -0.15) is 0 Å². The number of hydrogen-bond donors (Lipinski definition) is 3. The van der Waals surface area contributed by atoms with Gasteiger partial charge in [-0.15, -0.1) is 0 Å². The van der Waals surface area contributed by atoms with Crippen LogP contribution in [-0.2, 0) is 17.8 Å². The monoisotopic (exact) mass is 372 g/mol. The average molecular weight is 373 g/mol. The summed E-state index contributed by atoms with van der Waals surface area (Å²) >= 11 is 0. The van der Waals surface area contributed by atoms with E-state index in [1.54, 1.807) is 0 Å². The molecule has 1 aliphatic carbocycles. The Morgan fingerprint density at radius 1 is 1.19 bits per heavy atom. The van der Waals surface area contributed by atoms with Crippen LogP contribution in [0.25, 0.3) is 0 Å². The second kappa shape index (κ2) is 8.52. The highest BCUT2D eigenvalue weighted by Gasteiger charge is 2.27. The molecule has 1 amide bonds. The number of carbonyl (C=O) groups excluding carboxylic acids is 1. The Kier molecular flexibility index (Phi) is 5.88. The fourth-order valence-corrected chi connectivity index (χ4v) is 4.61. The molecule has 0 spiro atoms. The first-order chi connectivity index (χ1) is 13.2. The highest BCUT2D eigenvalue weighted by Crippen LogP contribution is 2.28. The van der Waals surface area contributed by atoms with Crippen LogP contribution in [0.2, 0.25) is 0 Å². The SMILES string of the molecule is CNc1nc([C@H]2CCCN2)nc2c1CN(CC(=O)NC1CCCCC1)CC2. The van der Waals surface area contributed by atoms with Crippen LogP contribution in [0.3, 0.4) is 0 Å². The van der Waals surface area contributed by atoms with Crippen LogP contribution in [0.4, 0.5) is 5.82 Å². The van der Waals surface area contributed by atoms with Crippen molar-refractivity contribution in [2.45, 2.75) is 70.0 Å². The van der Waals surface area contributed by atoms with E-state index in [1.165, 1.54) is 25.7 Å². The number of fused-ring (bicyclic) bond motifs is 1. The number of hydrogen-bond acceptors (Lipinski definition) is 6. The number of nitrogens with zero attached hydrogens (tertiary/aromatic N) is 3. The molecule has 0 aromatic carbocycles. The lowest BCUT2D eigenvalue weighted by atomic mass is 9.95. The van der Waals surface area contributed by atoms with Gasteiger partial charge in [0.25, 0.3) is 0 Å². The summed E-state index contributed by atoms with van der Waals surface area (Å²) in [5.74, 6) is 1.99. The summed E-state index contributed by atoms with van der Waals surface area (Å²) in [6.07, 6.45) is 9.21. The van der Waals surface area contributed by atoms with Crippen molar-refractivity contribution in [3.05, 3.63) is 17.1 Å². The molecule has 1 saturated carbocycles. The summed E-state index contributed by atoms with van der Waals surface area (Å²) in [6, 6.07) is 0.655. The number of carbonyl (C=O) groups is 1. The third-order valence-electron chi connectivity index (χ3n) is 6.10. The normalized spacial score (nSPS) is 23.8. The van der Waals surface area contributed by atoms with Crippen molar-refractivity contribution in [3.8, 4) is 0 Å². The summed E-state index contributed by atoms with van der Waals surface area (Å²) in [5.41, 5.74) is 2.29. The zero-order valence-electron chi connectivity index (χ0n) is 16.4. The van der Waals surface area contributed by atoms with Gasteiger partial charge in [0.05, 0.1) is 18.3 Å². The molecule has 2 aliphatic heterocycles. The lowest BCUT2D eigenvalue weighted by molar-refractivity contribution is -0.123. The molecule has 1 saturated heterocycles. The van der Waals surface area contributed by atoms with Crippen molar-refractivity contribution in [2.24, 2.45) is 0 Å². The summed E-state index contributed by atoms with van der Waals surface area (Å²) in [4.78, 5) is 24.3. The van der Waals surface area contributed by atoms with E-state index in [9.17, 15) is 4.79 Å². The average Bonchev–Trinajstić information content (AvgIpc) is 3.22. The summed E-state index contributed by atoms with van der Waals surface area (Å²) in [7, 11) is 1.92. The summed E-state index contributed by atoms with van der Waals surface area (Å²) in [5, 5.41) is 9.97. The van der Waals surface area contributed by atoms with Crippen LogP contribution >= 0.6 is 0 Å². The maximum Gasteiger partial charge on any atom is 0.234 e. The van der Waals surface area contributed by atoms with Crippen molar-refractivity contribution in [1.82, 2.24) is 25.5 Å². The van der Waals surface area contributed by atoms with E-state index in [0.717, 1.165) is 68.2 Å². The Balaban J connectivity index is 1.40. The van der Waals surface area contributed by atoms with Crippen LogP contribution in [0.15, 0.2) is 0 Å². The van der Waals surface area contributed by atoms with Crippen molar-refractivity contribution in [1.29, 1.82) is 0 Å². The molecule has 7 heteroatoms. The lowest BCUT2D eigenvalue weighted by Gasteiger charge is -2.30. The van der Waals surface area contributed by atoms with Gasteiger partial charge in [-0.05, 0) is 32.2 Å². The minimum Gasteiger partial charge on any atom is -0.373 e. The van der Waals surface area contributed by atoms with Crippen LogP contribution in [0, 0.1) is 0 Å². The van der Waals surface area contributed by atoms with Crippen molar-refractivity contribution in [2.75, 3.05) is 32.0 Å². The zero-order valence-corrected chi connectivity index (χ0v) is 16.4. The van der Waals surface area contributed by atoms with Gasteiger partial charge < -0.3 is 16.0 Å². The maximum absolute atomic E-state index is 12.5. The smallest absolute Gasteiger partial charge is 0.234 e. The van der Waals surface area contributed by atoms with Gasteiger partial charge in [0.15, 0.2) is 0 Å². The highest BCUT2D eigenvalue weighted by atomic mass is 16.2. The Hall–Kier alpha value is -1.73. The van der Waals surface area contributed by atoms with Crippen molar-refractivity contribution >= 4 is 11.7 Å². The molecule has 1 atom stereocenters. The molecular weight excluding hydrogens is 340 g/mol. The predicted molar refractivity (Wildman–Crippen MR) is 106 cm³/mol. The van der Waals surface area contributed by atoms with E-state index >= 15 is 0 Å². The van der Waals surface area contributed by atoms with Crippen molar-refractivity contribution in [3.63, 3.8) is 0 Å². The van der Waals surface area contributed by atoms with Gasteiger partial charge in [-0.25, -0.2) is 9.97 Å². The van der Waals surface area contributed by atoms with Gasteiger partial charge >= 0.3 is 0 Å². The highest BCUT2D eigenvalue weighted by molar-refractivity contribution is 5.78. The maximum atomic E-state index is 12.5. The van der Waals surface area contributed by atoms with Gasteiger partial charge in [0.2, 0.25) is 5.91 Å².